The Kier molecular flexibility index (Phi) is 11.5. The number of benzene rings is 1. The molecule has 0 spiro atoms. The Balaban J connectivity index is 2.32. The van der Waals surface area contributed by atoms with E-state index in [4.69, 9.17) is 9.47 Å². The summed E-state index contributed by atoms with van der Waals surface area (Å²) in [4.78, 5) is 23.8. The molecule has 0 aromatic heterocycles. The Morgan fingerprint density at radius 1 is 0.939 bits per heavy atom. The van der Waals surface area contributed by atoms with Gasteiger partial charge in [0.25, 0.3) is 0 Å². The maximum absolute atomic E-state index is 13.0. The zero-order valence-electron chi connectivity index (χ0n) is 20.8. The fourth-order valence-electron chi connectivity index (χ4n) is 2.90. The normalized spacial score (nSPS) is 12.6. The number of ether oxygens (including phenoxy) is 2. The molecular formula is C24H40N2O6S. The number of carbonyl (C=O) groups is 2. The van der Waals surface area contributed by atoms with E-state index in [1.807, 2.05) is 20.8 Å². The SMILES string of the molecule is CC(C)(C)CCOC(=O)CCC(=O)NCCOCCN(C(C)(C)C)S(=O)(=O)c1ccccc1. The zero-order valence-corrected chi connectivity index (χ0v) is 21.7. The minimum Gasteiger partial charge on any atom is -0.466 e. The highest BCUT2D eigenvalue weighted by atomic mass is 32.2. The lowest BCUT2D eigenvalue weighted by Crippen LogP contribution is -2.47. The summed E-state index contributed by atoms with van der Waals surface area (Å²) in [5.74, 6) is -0.637. The first-order valence-corrected chi connectivity index (χ1v) is 12.8. The van der Waals surface area contributed by atoms with Crippen LogP contribution >= 0.6 is 0 Å². The first-order chi connectivity index (χ1) is 15.2. The molecule has 0 aliphatic heterocycles. The average molecular weight is 485 g/mol. The molecule has 1 N–H and O–H groups in total. The van der Waals surface area contributed by atoms with Gasteiger partial charge < -0.3 is 14.8 Å². The standard InChI is InChI=1S/C24H40N2O6S/c1-23(2,3)14-17-32-22(28)13-12-21(27)25-15-18-31-19-16-26(24(4,5)6)33(29,30)20-10-8-7-9-11-20/h7-11H,12-19H2,1-6H3,(H,25,27). The van der Waals surface area contributed by atoms with E-state index in [9.17, 15) is 18.0 Å². The number of sulfonamides is 1. The molecule has 0 saturated carbocycles. The highest BCUT2D eigenvalue weighted by Crippen LogP contribution is 2.24. The van der Waals surface area contributed by atoms with Crippen LogP contribution in [0.3, 0.4) is 0 Å². The molecule has 0 saturated heterocycles. The largest absolute Gasteiger partial charge is 0.466 e. The van der Waals surface area contributed by atoms with Gasteiger partial charge in [0, 0.05) is 25.0 Å². The Morgan fingerprint density at radius 3 is 2.15 bits per heavy atom. The second-order valence-corrected chi connectivity index (χ2v) is 11.9. The maximum Gasteiger partial charge on any atom is 0.306 e. The number of rotatable bonds is 13. The van der Waals surface area contributed by atoms with Crippen LogP contribution in [0.2, 0.25) is 0 Å². The molecule has 0 unspecified atom stereocenters. The van der Waals surface area contributed by atoms with Gasteiger partial charge in [-0.3, -0.25) is 9.59 Å². The van der Waals surface area contributed by atoms with Crippen LogP contribution in [0.5, 0.6) is 0 Å². The molecule has 0 heterocycles. The lowest BCUT2D eigenvalue weighted by atomic mass is 9.93. The molecule has 0 bridgehead atoms. The number of amides is 1. The molecule has 0 radical (unpaired) electrons. The van der Waals surface area contributed by atoms with E-state index in [0.29, 0.717) is 6.61 Å². The van der Waals surface area contributed by atoms with E-state index in [2.05, 4.69) is 26.1 Å². The number of nitrogens with one attached hydrogen (secondary N) is 1. The average Bonchev–Trinajstić information content (AvgIpc) is 2.70. The second kappa shape index (κ2) is 13.1. The van der Waals surface area contributed by atoms with Crippen LogP contribution in [0.1, 0.15) is 60.8 Å². The van der Waals surface area contributed by atoms with Gasteiger partial charge in [0.2, 0.25) is 15.9 Å². The van der Waals surface area contributed by atoms with Crippen molar-refractivity contribution in [2.75, 3.05) is 32.9 Å². The predicted octanol–water partition coefficient (Wildman–Crippen LogP) is 3.37. The monoisotopic (exact) mass is 484 g/mol. The third-order valence-electron chi connectivity index (χ3n) is 4.76. The lowest BCUT2D eigenvalue weighted by molar-refractivity contribution is -0.145. The predicted molar refractivity (Wildman–Crippen MR) is 128 cm³/mol. The minimum atomic E-state index is -3.66. The van der Waals surface area contributed by atoms with E-state index in [0.717, 1.165) is 6.42 Å². The molecule has 1 amide bonds. The van der Waals surface area contributed by atoms with Gasteiger partial charge in [-0.15, -0.1) is 0 Å². The molecule has 0 aliphatic carbocycles. The first kappa shape index (κ1) is 29.1. The molecule has 0 fully saturated rings. The van der Waals surface area contributed by atoms with Crippen LogP contribution in [0, 0.1) is 5.41 Å². The van der Waals surface area contributed by atoms with Crippen LogP contribution in [0.4, 0.5) is 0 Å². The molecule has 33 heavy (non-hydrogen) atoms. The van der Waals surface area contributed by atoms with Gasteiger partial charge in [-0.05, 0) is 44.7 Å². The van der Waals surface area contributed by atoms with Crippen molar-refractivity contribution in [1.82, 2.24) is 9.62 Å². The van der Waals surface area contributed by atoms with Crippen molar-refractivity contribution >= 4 is 21.9 Å². The van der Waals surface area contributed by atoms with Gasteiger partial charge in [0.15, 0.2) is 0 Å². The number of carbonyl (C=O) groups excluding carboxylic acids is 2. The summed E-state index contributed by atoms with van der Waals surface area (Å²) < 4.78 is 38.1. The molecule has 0 atom stereocenters. The van der Waals surface area contributed by atoms with Crippen molar-refractivity contribution in [2.45, 2.75) is 71.2 Å². The van der Waals surface area contributed by atoms with Crippen molar-refractivity contribution in [3.8, 4) is 0 Å². The number of hydrogen-bond donors (Lipinski definition) is 1. The molecule has 188 valence electrons. The topological polar surface area (TPSA) is 102 Å². The van der Waals surface area contributed by atoms with Crippen LogP contribution in [0.15, 0.2) is 35.2 Å². The molecule has 1 aromatic rings. The fraction of sp³-hybridized carbons (Fsp3) is 0.667. The second-order valence-electron chi connectivity index (χ2n) is 10.1. The van der Waals surface area contributed by atoms with E-state index in [-0.39, 0.29) is 61.3 Å². The van der Waals surface area contributed by atoms with Crippen molar-refractivity contribution in [2.24, 2.45) is 5.41 Å². The summed E-state index contributed by atoms with van der Waals surface area (Å²) in [5.41, 5.74) is -0.527. The van der Waals surface area contributed by atoms with Crippen LogP contribution in [-0.2, 0) is 29.1 Å². The third-order valence-corrected chi connectivity index (χ3v) is 6.94. The Labute approximate surface area is 199 Å². The highest BCUT2D eigenvalue weighted by molar-refractivity contribution is 7.89. The molecule has 1 aromatic carbocycles. The van der Waals surface area contributed by atoms with Crippen molar-refractivity contribution in [3.63, 3.8) is 0 Å². The Morgan fingerprint density at radius 2 is 1.58 bits per heavy atom. The lowest BCUT2D eigenvalue weighted by Gasteiger charge is -2.34. The number of nitrogens with zero attached hydrogens (tertiary/aromatic N) is 1. The number of hydrogen-bond acceptors (Lipinski definition) is 6. The quantitative estimate of drug-likeness (QED) is 0.340. The van der Waals surface area contributed by atoms with Gasteiger partial charge in [-0.25, -0.2) is 8.42 Å². The van der Waals surface area contributed by atoms with Crippen molar-refractivity contribution < 1.29 is 27.5 Å². The molecule has 8 nitrogen and oxygen atoms in total. The van der Waals surface area contributed by atoms with Crippen molar-refractivity contribution in [1.29, 1.82) is 0 Å². The number of esters is 1. The summed E-state index contributed by atoms with van der Waals surface area (Å²) in [6.45, 7) is 13.0. The smallest absolute Gasteiger partial charge is 0.306 e. The molecule has 9 heteroatoms. The minimum absolute atomic E-state index is 0.0364. The van der Waals surface area contributed by atoms with E-state index in [1.165, 1.54) is 4.31 Å². The van der Waals surface area contributed by atoms with E-state index in [1.54, 1.807) is 30.3 Å². The van der Waals surface area contributed by atoms with E-state index < -0.39 is 15.6 Å². The first-order valence-electron chi connectivity index (χ1n) is 11.3. The van der Waals surface area contributed by atoms with E-state index >= 15 is 0 Å². The maximum atomic E-state index is 13.0. The van der Waals surface area contributed by atoms with Gasteiger partial charge >= 0.3 is 5.97 Å². The Bertz CT molecular complexity index is 842. The van der Waals surface area contributed by atoms with Gasteiger partial charge in [0.05, 0.1) is 31.1 Å². The summed E-state index contributed by atoms with van der Waals surface area (Å²) in [6, 6.07) is 8.31. The van der Waals surface area contributed by atoms with Crippen LogP contribution in [0.25, 0.3) is 0 Å². The highest BCUT2D eigenvalue weighted by Gasteiger charge is 2.33. The van der Waals surface area contributed by atoms with Crippen LogP contribution in [-0.4, -0.2) is 63.0 Å². The van der Waals surface area contributed by atoms with Crippen molar-refractivity contribution in [3.05, 3.63) is 30.3 Å². The zero-order chi connectivity index (χ0) is 25.1. The summed E-state index contributed by atoms with van der Waals surface area (Å²) in [5, 5.41) is 2.69. The molecule has 1 rings (SSSR count). The fourth-order valence-corrected chi connectivity index (χ4v) is 4.69. The Hall–Kier alpha value is -1.97. The van der Waals surface area contributed by atoms with Crippen LogP contribution < -0.4 is 5.32 Å². The third kappa shape index (κ3) is 11.6. The summed E-state index contributed by atoms with van der Waals surface area (Å²) >= 11 is 0. The molecular weight excluding hydrogens is 444 g/mol. The summed E-state index contributed by atoms with van der Waals surface area (Å²) in [6.07, 6.45) is 0.859. The van der Waals surface area contributed by atoms with Gasteiger partial charge in [0.1, 0.15) is 0 Å². The van der Waals surface area contributed by atoms with Gasteiger partial charge in [-0.2, -0.15) is 4.31 Å². The summed E-state index contributed by atoms with van der Waals surface area (Å²) in [7, 11) is -3.66. The molecule has 0 aliphatic rings. The van der Waals surface area contributed by atoms with Gasteiger partial charge in [-0.1, -0.05) is 39.0 Å².